The minimum atomic E-state index is -0.602. The topological polar surface area (TPSA) is 39.4 Å². The lowest BCUT2D eigenvalue weighted by Gasteiger charge is -2.40. The van der Waals surface area contributed by atoms with Crippen molar-refractivity contribution in [2.75, 3.05) is 0 Å². The number of hydrogen-bond donors (Lipinski definition) is 0. The second kappa shape index (κ2) is 13.6. The average molecular weight is 879 g/mol. The molecule has 0 N–H and O–H groups in total. The van der Waals surface area contributed by atoms with E-state index in [9.17, 15) is 0 Å². The second-order valence-electron chi connectivity index (χ2n) is 19.0. The molecule has 320 valence electrons. The van der Waals surface area contributed by atoms with Gasteiger partial charge in [-0.2, -0.15) is 0 Å². The van der Waals surface area contributed by atoms with Crippen molar-refractivity contribution < 1.29 is 13.3 Å². The van der Waals surface area contributed by atoms with Crippen molar-refractivity contribution in [3.8, 4) is 33.4 Å². The molecule has 69 heavy (non-hydrogen) atoms. The van der Waals surface area contributed by atoms with Gasteiger partial charge in [0.05, 0.1) is 5.41 Å². The first-order chi connectivity index (χ1) is 34.2. The van der Waals surface area contributed by atoms with Crippen molar-refractivity contribution >= 4 is 76.6 Å². The average Bonchev–Trinajstić information content (AvgIpc) is 4.17. The third kappa shape index (κ3) is 4.91. The highest BCUT2D eigenvalue weighted by atomic mass is 16.3. The summed E-state index contributed by atoms with van der Waals surface area (Å²) in [5, 5.41) is 9.22. The van der Waals surface area contributed by atoms with Crippen molar-refractivity contribution in [2.24, 2.45) is 0 Å². The molecule has 16 rings (SSSR count). The molecule has 3 heterocycles. The number of para-hydroxylation sites is 3. The summed E-state index contributed by atoms with van der Waals surface area (Å²) >= 11 is 0. The molecule has 2 aliphatic rings. The molecular weight excluding hydrogens is 841 g/mol. The summed E-state index contributed by atoms with van der Waals surface area (Å²) in [6, 6.07) is 82.0. The molecule has 3 nitrogen and oxygen atoms in total. The molecule has 3 heteroatoms. The van der Waals surface area contributed by atoms with Gasteiger partial charge in [0.2, 0.25) is 0 Å². The first kappa shape index (κ1) is 37.2. The molecule has 0 aliphatic heterocycles. The first-order valence-electron chi connectivity index (χ1n) is 23.8. The second-order valence-corrected chi connectivity index (χ2v) is 19.0. The molecule has 0 saturated carbocycles. The highest BCUT2D eigenvalue weighted by Gasteiger charge is 2.51. The fraction of sp³-hybridized carbons (Fsp3) is 0.0303. The van der Waals surface area contributed by atoms with E-state index in [4.69, 9.17) is 13.3 Å². The fourth-order valence-corrected chi connectivity index (χ4v) is 12.8. The Bertz CT molecular complexity index is 4500. The normalized spacial score (nSPS) is 15.2. The Labute approximate surface area is 396 Å². The van der Waals surface area contributed by atoms with Crippen LogP contribution in [0.1, 0.15) is 44.9 Å². The molecule has 2 atom stereocenters. The van der Waals surface area contributed by atoms with Gasteiger partial charge < -0.3 is 13.3 Å². The van der Waals surface area contributed by atoms with Crippen molar-refractivity contribution in [3.63, 3.8) is 0 Å². The van der Waals surface area contributed by atoms with Crippen LogP contribution in [-0.4, -0.2) is 0 Å². The van der Waals surface area contributed by atoms with Gasteiger partial charge in [0.1, 0.15) is 33.5 Å². The SMILES string of the molecule is c1ccc(C(c2ccc3oc4ccc(-c5ccc6c(c5)C5(c7ccccc7-6)c6ccc7c(oc8ccccc87)c6-c6cccc7cccc5c67)cc4c3c2)c2cccc3c2oc2ccccc23)cc1. The largest absolute Gasteiger partial charge is 0.456 e. The molecule has 14 aromatic rings. The summed E-state index contributed by atoms with van der Waals surface area (Å²) in [4.78, 5) is 0. The van der Waals surface area contributed by atoms with Gasteiger partial charge in [0, 0.05) is 49.4 Å². The molecule has 0 radical (unpaired) electrons. The van der Waals surface area contributed by atoms with E-state index in [-0.39, 0.29) is 5.92 Å². The minimum absolute atomic E-state index is 0.0729. The molecule has 0 saturated heterocycles. The number of furan rings is 3. The highest BCUT2D eigenvalue weighted by Crippen LogP contribution is 2.63. The lowest BCUT2D eigenvalue weighted by molar-refractivity contribution is 0.661. The number of fused-ring (bicyclic) bond motifs is 19. The smallest absolute Gasteiger partial charge is 0.143 e. The molecule has 0 amide bonds. The predicted octanol–water partition coefficient (Wildman–Crippen LogP) is 17.7. The van der Waals surface area contributed by atoms with Crippen LogP contribution in [0, 0.1) is 0 Å². The predicted molar refractivity (Wildman–Crippen MR) is 281 cm³/mol. The summed E-state index contributed by atoms with van der Waals surface area (Å²) in [7, 11) is 0. The van der Waals surface area contributed by atoms with Crippen LogP contribution in [0.25, 0.3) is 110 Å². The maximum atomic E-state index is 6.93. The van der Waals surface area contributed by atoms with E-state index in [2.05, 4.69) is 218 Å². The van der Waals surface area contributed by atoms with E-state index in [1.165, 1.54) is 66.4 Å². The van der Waals surface area contributed by atoms with Gasteiger partial charge in [-0.05, 0) is 114 Å². The zero-order valence-corrected chi connectivity index (χ0v) is 37.2. The molecule has 0 bridgehead atoms. The monoisotopic (exact) mass is 878 g/mol. The van der Waals surface area contributed by atoms with Gasteiger partial charge in [-0.3, -0.25) is 0 Å². The molecule has 0 fully saturated rings. The maximum Gasteiger partial charge on any atom is 0.143 e. The fourth-order valence-electron chi connectivity index (χ4n) is 12.8. The summed E-state index contributed by atoms with van der Waals surface area (Å²) in [5.41, 5.74) is 20.7. The quantitative estimate of drug-likeness (QED) is 0.165. The van der Waals surface area contributed by atoms with Gasteiger partial charge in [0.25, 0.3) is 0 Å². The third-order valence-electron chi connectivity index (χ3n) is 15.6. The zero-order chi connectivity index (χ0) is 45.0. The molecule has 3 aromatic heterocycles. The molecule has 11 aromatic carbocycles. The first-order valence-corrected chi connectivity index (χ1v) is 23.8. The van der Waals surface area contributed by atoms with Crippen LogP contribution >= 0.6 is 0 Å². The summed E-state index contributed by atoms with van der Waals surface area (Å²) in [6.07, 6.45) is 0. The van der Waals surface area contributed by atoms with Gasteiger partial charge in [0.15, 0.2) is 0 Å². The van der Waals surface area contributed by atoms with Crippen LogP contribution in [0.3, 0.4) is 0 Å². The van der Waals surface area contributed by atoms with Crippen LogP contribution < -0.4 is 0 Å². The van der Waals surface area contributed by atoms with Crippen LogP contribution in [0.5, 0.6) is 0 Å². The van der Waals surface area contributed by atoms with Crippen molar-refractivity contribution in [3.05, 3.63) is 263 Å². The van der Waals surface area contributed by atoms with E-state index < -0.39 is 5.41 Å². The Morgan fingerprint density at radius 3 is 1.78 bits per heavy atom. The summed E-state index contributed by atoms with van der Waals surface area (Å²) in [6.45, 7) is 0. The molecular formula is C66H38O3. The number of hydrogen-bond acceptors (Lipinski definition) is 3. The zero-order valence-electron chi connectivity index (χ0n) is 37.2. The Kier molecular flexibility index (Phi) is 7.33. The van der Waals surface area contributed by atoms with Crippen molar-refractivity contribution in [2.45, 2.75) is 11.3 Å². The Morgan fingerprint density at radius 2 is 0.928 bits per heavy atom. The standard InChI is InChI=1S/C66H38O3/c1-2-13-38(14-3-1)61(50-22-12-20-47-45-18-5-8-25-57(45)68-64(47)50)42-29-34-60-52(36-42)51-35-40(28-33-59(51)67-60)41-27-30-44-43-17-4-7-23-53(43)66(56(44)37-41)54-24-11-16-39-15-10-21-49(62(39)54)63-55(66)32-31-48-46-19-6-9-26-58(46)69-65(48)63/h1-37,61H. The third-order valence-corrected chi connectivity index (χ3v) is 15.6. The summed E-state index contributed by atoms with van der Waals surface area (Å²) in [5.74, 6) is -0.0729. The molecule has 2 unspecified atom stereocenters. The highest BCUT2D eigenvalue weighted by molar-refractivity contribution is 6.17. The van der Waals surface area contributed by atoms with E-state index in [1.807, 2.05) is 6.07 Å². The van der Waals surface area contributed by atoms with E-state index >= 15 is 0 Å². The summed E-state index contributed by atoms with van der Waals surface area (Å²) < 4.78 is 20.2. The Balaban J connectivity index is 0.912. The van der Waals surface area contributed by atoms with E-state index in [0.29, 0.717) is 0 Å². The maximum absolute atomic E-state index is 6.93. The lowest BCUT2D eigenvalue weighted by Crippen LogP contribution is -2.31. The van der Waals surface area contributed by atoms with Crippen molar-refractivity contribution in [1.82, 2.24) is 0 Å². The Morgan fingerprint density at radius 1 is 0.319 bits per heavy atom. The van der Waals surface area contributed by atoms with Crippen LogP contribution in [0.4, 0.5) is 0 Å². The van der Waals surface area contributed by atoms with Crippen LogP contribution in [0.15, 0.2) is 238 Å². The van der Waals surface area contributed by atoms with Gasteiger partial charge in [-0.25, -0.2) is 0 Å². The lowest BCUT2D eigenvalue weighted by atomic mass is 9.61. The molecule has 2 aliphatic carbocycles. The van der Waals surface area contributed by atoms with Crippen LogP contribution in [0.2, 0.25) is 0 Å². The van der Waals surface area contributed by atoms with Gasteiger partial charge in [-0.15, -0.1) is 0 Å². The van der Waals surface area contributed by atoms with Gasteiger partial charge in [-0.1, -0.05) is 182 Å². The molecule has 1 spiro atoms. The van der Waals surface area contributed by atoms with Gasteiger partial charge >= 0.3 is 0 Å². The van der Waals surface area contributed by atoms with E-state index in [0.717, 1.165) is 82.5 Å². The van der Waals surface area contributed by atoms with Crippen molar-refractivity contribution in [1.29, 1.82) is 0 Å². The number of benzene rings is 11. The Hall–Kier alpha value is -8.92. The van der Waals surface area contributed by atoms with E-state index in [1.54, 1.807) is 0 Å². The number of rotatable bonds is 4. The minimum Gasteiger partial charge on any atom is -0.456 e. The van der Waals surface area contributed by atoms with Crippen LogP contribution in [-0.2, 0) is 5.41 Å².